The molecule has 0 spiro atoms. The molecule has 0 aromatic carbocycles. The van der Waals surface area contributed by atoms with E-state index in [9.17, 15) is 0 Å². The lowest BCUT2D eigenvalue weighted by atomic mass is 9.87. The highest BCUT2D eigenvalue weighted by Crippen LogP contribution is 2.27. The summed E-state index contributed by atoms with van der Waals surface area (Å²) >= 11 is 0. The molecule has 64 valence electrons. The van der Waals surface area contributed by atoms with E-state index in [1.54, 1.807) is 0 Å². The second-order valence-electron chi connectivity index (χ2n) is 3.88. The number of nitrogens with zero attached hydrogens (tertiary/aromatic N) is 1. The van der Waals surface area contributed by atoms with Gasteiger partial charge in [-0.05, 0) is 32.4 Å². The van der Waals surface area contributed by atoms with Gasteiger partial charge in [-0.25, -0.2) is 0 Å². The van der Waals surface area contributed by atoms with E-state index in [-0.39, 0.29) is 0 Å². The number of likely N-dealkylation sites (tertiary alicyclic amines) is 1. The lowest BCUT2D eigenvalue weighted by Gasteiger charge is -2.49. The fraction of sp³-hybridized carbons (Fsp3) is 1.00. The van der Waals surface area contributed by atoms with Crippen LogP contribution in [0.2, 0.25) is 0 Å². The number of hydrogen-bond donors (Lipinski definition) is 1. The zero-order valence-corrected chi connectivity index (χ0v) is 7.40. The Bertz CT molecular complexity index is 129. The first-order valence-electron chi connectivity index (χ1n) is 4.83. The van der Waals surface area contributed by atoms with Crippen molar-refractivity contribution in [1.82, 2.24) is 10.2 Å². The maximum absolute atomic E-state index is 3.39. The average molecular weight is 154 g/mol. The van der Waals surface area contributed by atoms with Crippen LogP contribution in [0, 0.1) is 0 Å². The highest BCUT2D eigenvalue weighted by atomic mass is 15.3. The van der Waals surface area contributed by atoms with Gasteiger partial charge in [0.1, 0.15) is 0 Å². The summed E-state index contributed by atoms with van der Waals surface area (Å²) in [6.07, 6.45) is 4.16. The maximum Gasteiger partial charge on any atom is 0.0455 e. The highest BCUT2D eigenvalue weighted by molar-refractivity contribution is 5.02. The Labute approximate surface area is 69.0 Å². The molecule has 2 heteroatoms. The van der Waals surface area contributed by atoms with Gasteiger partial charge in [0.15, 0.2) is 0 Å². The van der Waals surface area contributed by atoms with E-state index < -0.39 is 0 Å². The molecule has 0 radical (unpaired) electrons. The number of nitrogens with one attached hydrogen (secondary N) is 1. The van der Waals surface area contributed by atoms with E-state index in [0.717, 1.165) is 0 Å². The van der Waals surface area contributed by atoms with Crippen LogP contribution in [0.5, 0.6) is 0 Å². The molecule has 0 aromatic rings. The molecule has 2 fully saturated rings. The van der Waals surface area contributed by atoms with Crippen molar-refractivity contribution in [3.63, 3.8) is 0 Å². The predicted molar refractivity (Wildman–Crippen MR) is 46.7 cm³/mol. The molecule has 0 atom stereocenters. The summed E-state index contributed by atoms with van der Waals surface area (Å²) in [5.41, 5.74) is 0.566. The predicted octanol–water partition coefficient (Wildman–Crippen LogP) is 0.834. The Morgan fingerprint density at radius 1 is 1.27 bits per heavy atom. The Kier molecular flexibility index (Phi) is 1.90. The zero-order valence-electron chi connectivity index (χ0n) is 7.40. The summed E-state index contributed by atoms with van der Waals surface area (Å²) in [4.78, 5) is 2.68. The normalized spacial score (nSPS) is 30.3. The molecule has 2 aliphatic heterocycles. The van der Waals surface area contributed by atoms with Crippen molar-refractivity contribution < 1.29 is 0 Å². The van der Waals surface area contributed by atoms with Crippen LogP contribution in [0.1, 0.15) is 26.2 Å². The maximum atomic E-state index is 3.39. The number of rotatable bonds is 2. The molecular formula is C9H18N2. The minimum Gasteiger partial charge on any atom is -0.313 e. The summed E-state index contributed by atoms with van der Waals surface area (Å²) < 4.78 is 0. The van der Waals surface area contributed by atoms with Gasteiger partial charge in [-0.15, -0.1) is 0 Å². The van der Waals surface area contributed by atoms with Crippen LogP contribution in [-0.4, -0.2) is 36.6 Å². The first-order chi connectivity index (χ1) is 5.37. The smallest absolute Gasteiger partial charge is 0.0455 e. The van der Waals surface area contributed by atoms with E-state index in [2.05, 4.69) is 17.1 Å². The van der Waals surface area contributed by atoms with Gasteiger partial charge in [0, 0.05) is 18.6 Å². The fourth-order valence-corrected chi connectivity index (χ4v) is 2.30. The van der Waals surface area contributed by atoms with Crippen molar-refractivity contribution in [3.8, 4) is 0 Å². The topological polar surface area (TPSA) is 15.3 Å². The summed E-state index contributed by atoms with van der Waals surface area (Å²) in [6, 6.07) is 0. The summed E-state index contributed by atoms with van der Waals surface area (Å²) in [7, 11) is 0. The molecule has 0 saturated carbocycles. The number of hydrogen-bond acceptors (Lipinski definition) is 2. The minimum atomic E-state index is 0.566. The first kappa shape index (κ1) is 7.56. The third-order valence-electron chi connectivity index (χ3n) is 3.34. The fourth-order valence-electron chi connectivity index (χ4n) is 2.30. The third-order valence-corrected chi connectivity index (χ3v) is 3.34. The van der Waals surface area contributed by atoms with E-state index >= 15 is 0 Å². The van der Waals surface area contributed by atoms with E-state index in [1.807, 2.05) is 0 Å². The highest BCUT2D eigenvalue weighted by Gasteiger charge is 2.41. The lowest BCUT2D eigenvalue weighted by molar-refractivity contribution is 0.0554. The van der Waals surface area contributed by atoms with Crippen molar-refractivity contribution in [2.75, 3.05) is 26.2 Å². The second kappa shape index (κ2) is 2.76. The molecule has 2 nitrogen and oxygen atoms in total. The standard InChI is InChI=1S/C9H18N2/c1-2-9(7-10-8-9)11-5-3-4-6-11/h10H,2-8H2,1H3. The van der Waals surface area contributed by atoms with Gasteiger partial charge in [0.2, 0.25) is 0 Å². The van der Waals surface area contributed by atoms with Crippen LogP contribution in [0.4, 0.5) is 0 Å². The van der Waals surface area contributed by atoms with E-state index in [1.165, 1.54) is 45.4 Å². The van der Waals surface area contributed by atoms with Crippen molar-refractivity contribution in [2.45, 2.75) is 31.7 Å². The molecule has 11 heavy (non-hydrogen) atoms. The van der Waals surface area contributed by atoms with Gasteiger partial charge in [-0.1, -0.05) is 6.92 Å². The first-order valence-corrected chi connectivity index (χ1v) is 4.83. The SMILES string of the molecule is CCC1(N2CCCC2)CNC1. The molecular weight excluding hydrogens is 136 g/mol. The Balaban J connectivity index is 1.99. The molecule has 0 bridgehead atoms. The van der Waals surface area contributed by atoms with Gasteiger partial charge < -0.3 is 5.32 Å². The molecule has 2 aliphatic rings. The largest absolute Gasteiger partial charge is 0.313 e. The summed E-state index contributed by atoms with van der Waals surface area (Å²) in [5, 5.41) is 3.39. The molecule has 0 amide bonds. The summed E-state index contributed by atoms with van der Waals surface area (Å²) in [5.74, 6) is 0. The van der Waals surface area contributed by atoms with Crippen LogP contribution in [0.15, 0.2) is 0 Å². The van der Waals surface area contributed by atoms with E-state index in [0.29, 0.717) is 5.54 Å². The zero-order chi connectivity index (χ0) is 7.73. The molecule has 1 N–H and O–H groups in total. The third kappa shape index (κ3) is 1.09. The Morgan fingerprint density at radius 3 is 2.27 bits per heavy atom. The minimum absolute atomic E-state index is 0.566. The molecule has 2 heterocycles. The van der Waals surface area contributed by atoms with Crippen molar-refractivity contribution >= 4 is 0 Å². The van der Waals surface area contributed by atoms with Crippen molar-refractivity contribution in [3.05, 3.63) is 0 Å². The van der Waals surface area contributed by atoms with Gasteiger partial charge in [-0.3, -0.25) is 4.90 Å². The van der Waals surface area contributed by atoms with E-state index in [4.69, 9.17) is 0 Å². The molecule has 0 unspecified atom stereocenters. The van der Waals surface area contributed by atoms with Gasteiger partial charge >= 0.3 is 0 Å². The molecule has 2 rings (SSSR count). The van der Waals surface area contributed by atoms with Crippen LogP contribution >= 0.6 is 0 Å². The molecule has 2 saturated heterocycles. The van der Waals surface area contributed by atoms with Gasteiger partial charge in [0.25, 0.3) is 0 Å². The van der Waals surface area contributed by atoms with Crippen LogP contribution in [0.3, 0.4) is 0 Å². The molecule has 0 aromatic heterocycles. The second-order valence-corrected chi connectivity index (χ2v) is 3.88. The van der Waals surface area contributed by atoms with Crippen molar-refractivity contribution in [2.24, 2.45) is 0 Å². The van der Waals surface area contributed by atoms with Crippen molar-refractivity contribution in [1.29, 1.82) is 0 Å². The Morgan fingerprint density at radius 2 is 1.91 bits per heavy atom. The van der Waals surface area contributed by atoms with Gasteiger partial charge in [0.05, 0.1) is 0 Å². The average Bonchev–Trinajstić information content (AvgIpc) is 2.39. The Hall–Kier alpha value is -0.0800. The van der Waals surface area contributed by atoms with Crippen LogP contribution in [0.25, 0.3) is 0 Å². The van der Waals surface area contributed by atoms with Gasteiger partial charge in [-0.2, -0.15) is 0 Å². The lowest BCUT2D eigenvalue weighted by Crippen LogP contribution is -2.67. The van der Waals surface area contributed by atoms with Crippen LogP contribution < -0.4 is 5.32 Å². The van der Waals surface area contributed by atoms with Crippen LogP contribution in [-0.2, 0) is 0 Å². The molecule has 0 aliphatic carbocycles. The quantitative estimate of drug-likeness (QED) is 0.634. The monoisotopic (exact) mass is 154 g/mol. The summed E-state index contributed by atoms with van der Waals surface area (Å²) in [6.45, 7) is 7.46.